The smallest absolute Gasteiger partial charge is 0.296 e. The summed E-state index contributed by atoms with van der Waals surface area (Å²) in [7, 11) is 1.70. The number of carbonyl (C=O) groups excluding carboxylic acids is 1. The van der Waals surface area contributed by atoms with Crippen LogP contribution in [0.1, 0.15) is 46.4 Å². The molecule has 1 aromatic carbocycles. The maximum absolute atomic E-state index is 13.4. The number of nitrogens with one attached hydrogen (secondary N) is 2. The van der Waals surface area contributed by atoms with Crippen LogP contribution in [-0.4, -0.2) is 40.8 Å². The molecule has 3 rings (SSSR count). The Morgan fingerprint density at radius 2 is 2.18 bits per heavy atom. The summed E-state index contributed by atoms with van der Waals surface area (Å²) < 4.78 is 20.3. The molecule has 9 heteroatoms. The Bertz CT molecular complexity index is 960. The van der Waals surface area contributed by atoms with E-state index in [9.17, 15) is 19.1 Å². The normalized spacial score (nSPS) is 19.0. The lowest BCUT2D eigenvalue weighted by Crippen LogP contribution is -2.35. The zero-order chi connectivity index (χ0) is 20.4. The first-order valence-electron chi connectivity index (χ1n) is 8.97. The van der Waals surface area contributed by atoms with Crippen molar-refractivity contribution in [1.82, 2.24) is 20.2 Å². The molecule has 0 spiro atoms. The average Bonchev–Trinajstić information content (AvgIpc) is 2.83. The highest BCUT2D eigenvalue weighted by Crippen LogP contribution is 2.22. The largest absolute Gasteiger partial charge is 0.501 e. The molecule has 8 nitrogen and oxygen atoms in total. The highest BCUT2D eigenvalue weighted by Gasteiger charge is 2.29. The van der Waals surface area contributed by atoms with Crippen LogP contribution in [0.25, 0.3) is 0 Å². The van der Waals surface area contributed by atoms with Gasteiger partial charge in [-0.3, -0.25) is 14.2 Å². The lowest BCUT2D eigenvalue weighted by atomic mass is 10.1. The quantitative estimate of drug-likeness (QED) is 0.724. The van der Waals surface area contributed by atoms with Crippen LogP contribution in [0.2, 0.25) is 0 Å². The van der Waals surface area contributed by atoms with Gasteiger partial charge in [-0.15, -0.1) is 0 Å². The summed E-state index contributed by atoms with van der Waals surface area (Å²) in [6.07, 6.45) is 0. The summed E-state index contributed by atoms with van der Waals surface area (Å²) in [6.45, 7) is 4.09. The van der Waals surface area contributed by atoms with Crippen molar-refractivity contribution in [3.05, 3.63) is 57.0 Å². The van der Waals surface area contributed by atoms with Gasteiger partial charge in [0.15, 0.2) is 5.69 Å². The number of fused-ring (bicyclic) bond motifs is 1. The molecule has 2 aromatic rings. The van der Waals surface area contributed by atoms with Gasteiger partial charge in [0.2, 0.25) is 5.75 Å². The highest BCUT2D eigenvalue weighted by molar-refractivity contribution is 5.94. The molecule has 0 saturated carbocycles. The molecule has 150 valence electrons. The van der Waals surface area contributed by atoms with E-state index in [1.54, 1.807) is 33.0 Å². The van der Waals surface area contributed by atoms with Gasteiger partial charge in [-0.1, -0.05) is 12.1 Å². The number of hydrogen-bond donors (Lipinski definition) is 3. The Morgan fingerprint density at radius 3 is 2.86 bits per heavy atom. The first-order valence-corrected chi connectivity index (χ1v) is 8.97. The number of rotatable bonds is 4. The summed E-state index contributed by atoms with van der Waals surface area (Å²) in [5, 5.41) is 15.9. The van der Waals surface area contributed by atoms with Crippen LogP contribution in [0, 0.1) is 12.7 Å². The average molecular weight is 390 g/mol. The number of nitrogens with zero attached hydrogens (tertiary/aromatic N) is 2. The van der Waals surface area contributed by atoms with Crippen LogP contribution in [0.3, 0.4) is 0 Å². The van der Waals surface area contributed by atoms with Crippen LogP contribution in [-0.2, 0) is 11.3 Å². The fourth-order valence-corrected chi connectivity index (χ4v) is 3.17. The Hall–Kier alpha value is -2.78. The van der Waals surface area contributed by atoms with Gasteiger partial charge in [0.05, 0.1) is 25.3 Å². The van der Waals surface area contributed by atoms with Gasteiger partial charge in [0.1, 0.15) is 11.6 Å². The molecule has 3 N–H and O–H groups in total. The lowest BCUT2D eigenvalue weighted by molar-refractivity contribution is 0.0941. The van der Waals surface area contributed by atoms with Crippen molar-refractivity contribution in [2.45, 2.75) is 32.5 Å². The number of aromatic nitrogens is 2. The van der Waals surface area contributed by atoms with E-state index < -0.39 is 23.3 Å². The number of halogens is 1. The maximum Gasteiger partial charge on any atom is 0.296 e. The number of benzene rings is 1. The molecule has 2 atom stereocenters. The lowest BCUT2D eigenvalue weighted by Gasteiger charge is -2.20. The standard InChI is InChI=1S/C19H23FN4O4/c1-10-6-12(4-5-13(10)20)7-22-18(26)15-16(25)19(27)24-11(2)8-28-9-14(21-3)17(24)23-15/h4-6,11,14,21,25H,7-9H2,1-3H3,(H,22,26)/t11-,14+/m0/s1. The van der Waals surface area contributed by atoms with Crippen LogP contribution in [0.15, 0.2) is 23.0 Å². The van der Waals surface area contributed by atoms with Crippen molar-refractivity contribution >= 4 is 5.91 Å². The third-order valence-corrected chi connectivity index (χ3v) is 4.75. The number of amides is 1. The van der Waals surface area contributed by atoms with E-state index in [4.69, 9.17) is 4.74 Å². The SMILES string of the molecule is CN[C@@H]1COC[C@H](C)n2c1nc(C(=O)NCc1ccc(F)c(C)c1)c(O)c2=O. The minimum atomic E-state index is -0.708. The van der Waals surface area contributed by atoms with E-state index in [1.165, 1.54) is 10.6 Å². The molecular formula is C19H23FN4O4. The second-order valence-electron chi connectivity index (χ2n) is 6.84. The second kappa shape index (κ2) is 8.07. The first kappa shape index (κ1) is 20.0. The summed E-state index contributed by atoms with van der Waals surface area (Å²) in [4.78, 5) is 29.5. The molecular weight excluding hydrogens is 367 g/mol. The van der Waals surface area contributed by atoms with Crippen molar-refractivity contribution < 1.29 is 19.0 Å². The van der Waals surface area contributed by atoms with Gasteiger partial charge in [0, 0.05) is 6.54 Å². The highest BCUT2D eigenvalue weighted by atomic mass is 19.1. The predicted octanol–water partition coefficient (Wildman–Crippen LogP) is 1.18. The number of hydrogen-bond acceptors (Lipinski definition) is 6. The van der Waals surface area contributed by atoms with Crippen molar-refractivity contribution in [2.24, 2.45) is 0 Å². The van der Waals surface area contributed by atoms with Gasteiger partial charge in [-0.05, 0) is 38.1 Å². The summed E-state index contributed by atoms with van der Waals surface area (Å²) in [5.41, 5.74) is 0.116. The Balaban J connectivity index is 1.92. The van der Waals surface area contributed by atoms with Crippen molar-refractivity contribution in [3.63, 3.8) is 0 Å². The van der Waals surface area contributed by atoms with Crippen molar-refractivity contribution in [3.8, 4) is 5.75 Å². The zero-order valence-electron chi connectivity index (χ0n) is 16.0. The molecule has 0 fully saturated rings. The molecule has 1 aromatic heterocycles. The van der Waals surface area contributed by atoms with Crippen LogP contribution in [0.4, 0.5) is 4.39 Å². The molecule has 0 radical (unpaired) electrons. The third kappa shape index (κ3) is 3.76. The molecule has 0 aliphatic carbocycles. The van der Waals surface area contributed by atoms with Gasteiger partial charge in [-0.2, -0.15) is 0 Å². The maximum atomic E-state index is 13.4. The fraction of sp³-hybridized carbons (Fsp3) is 0.421. The van der Waals surface area contributed by atoms with E-state index in [2.05, 4.69) is 15.6 Å². The van der Waals surface area contributed by atoms with Crippen LogP contribution >= 0.6 is 0 Å². The Kier molecular flexibility index (Phi) is 5.76. The molecule has 1 aliphatic rings. The molecule has 28 heavy (non-hydrogen) atoms. The Morgan fingerprint density at radius 1 is 1.43 bits per heavy atom. The van der Waals surface area contributed by atoms with Gasteiger partial charge >= 0.3 is 0 Å². The fourth-order valence-electron chi connectivity index (χ4n) is 3.17. The van der Waals surface area contributed by atoms with Gasteiger partial charge < -0.3 is 20.5 Å². The predicted molar refractivity (Wildman–Crippen MR) is 99.8 cm³/mol. The molecule has 2 heterocycles. The molecule has 0 unspecified atom stereocenters. The summed E-state index contributed by atoms with van der Waals surface area (Å²) in [5.74, 6) is -1.39. The topological polar surface area (TPSA) is 105 Å². The van der Waals surface area contributed by atoms with Crippen LogP contribution in [0.5, 0.6) is 5.75 Å². The molecule has 0 saturated heterocycles. The third-order valence-electron chi connectivity index (χ3n) is 4.75. The summed E-state index contributed by atoms with van der Waals surface area (Å²) in [6, 6.07) is 3.76. The minimum absolute atomic E-state index is 0.106. The van der Waals surface area contributed by atoms with E-state index in [0.717, 1.165) is 0 Å². The van der Waals surface area contributed by atoms with Crippen LogP contribution < -0.4 is 16.2 Å². The van der Waals surface area contributed by atoms with Crippen molar-refractivity contribution in [1.29, 1.82) is 0 Å². The number of aryl methyl sites for hydroxylation is 1. The minimum Gasteiger partial charge on any atom is -0.501 e. The first-order chi connectivity index (χ1) is 13.3. The molecule has 1 amide bonds. The second-order valence-corrected chi connectivity index (χ2v) is 6.84. The summed E-state index contributed by atoms with van der Waals surface area (Å²) >= 11 is 0. The van der Waals surface area contributed by atoms with E-state index >= 15 is 0 Å². The molecule has 1 aliphatic heterocycles. The number of likely N-dealkylation sites (N-methyl/N-ethyl adjacent to an activating group) is 1. The zero-order valence-corrected chi connectivity index (χ0v) is 16.0. The number of aromatic hydroxyl groups is 1. The van der Waals surface area contributed by atoms with E-state index in [-0.39, 0.29) is 30.7 Å². The number of ether oxygens (including phenoxy) is 1. The van der Waals surface area contributed by atoms with Gasteiger partial charge in [-0.25, -0.2) is 9.37 Å². The Labute approximate surface area is 161 Å². The monoisotopic (exact) mass is 390 g/mol. The van der Waals surface area contributed by atoms with Gasteiger partial charge in [0.25, 0.3) is 11.5 Å². The van der Waals surface area contributed by atoms with E-state index in [0.29, 0.717) is 23.6 Å². The number of carbonyl (C=O) groups is 1. The molecule has 0 bridgehead atoms. The van der Waals surface area contributed by atoms with Crippen molar-refractivity contribution in [2.75, 3.05) is 20.3 Å². The van der Waals surface area contributed by atoms with E-state index in [1.807, 2.05) is 0 Å².